The van der Waals surface area contributed by atoms with Gasteiger partial charge in [-0.2, -0.15) is 0 Å². The molecule has 1 amide bonds. The van der Waals surface area contributed by atoms with Crippen LogP contribution in [0.3, 0.4) is 0 Å². The largest absolute Gasteiger partial charge is 0.493 e. The molecule has 5 heteroatoms. The van der Waals surface area contributed by atoms with Crippen molar-refractivity contribution in [2.24, 2.45) is 5.92 Å². The van der Waals surface area contributed by atoms with Crippen LogP contribution in [0.5, 0.6) is 5.75 Å². The fourth-order valence-corrected chi connectivity index (χ4v) is 2.95. The first kappa shape index (κ1) is 17.5. The molecule has 1 aliphatic rings. The Bertz CT molecular complexity index is 580. The third kappa shape index (κ3) is 3.91. The number of amides is 1. The van der Waals surface area contributed by atoms with Crippen molar-refractivity contribution in [3.05, 3.63) is 29.3 Å². The van der Waals surface area contributed by atoms with Crippen molar-refractivity contribution >= 4 is 11.7 Å². The Morgan fingerprint density at radius 1 is 1.26 bits per heavy atom. The molecule has 1 aliphatic heterocycles. The second-order valence-electron chi connectivity index (χ2n) is 6.15. The fraction of sp³-hybridized carbons (Fsp3) is 0.556. The molecule has 0 saturated heterocycles. The van der Waals surface area contributed by atoms with Gasteiger partial charge in [0.15, 0.2) is 5.78 Å². The summed E-state index contributed by atoms with van der Waals surface area (Å²) in [6.07, 6.45) is 0.699. The van der Waals surface area contributed by atoms with Gasteiger partial charge in [-0.1, -0.05) is 0 Å². The van der Waals surface area contributed by atoms with Crippen molar-refractivity contribution in [3.63, 3.8) is 0 Å². The molecule has 1 aromatic rings. The smallest absolute Gasteiger partial charge is 0.253 e. The molecule has 0 N–H and O–H groups in total. The summed E-state index contributed by atoms with van der Waals surface area (Å²) < 4.78 is 5.71. The summed E-state index contributed by atoms with van der Waals surface area (Å²) in [5, 5.41) is 0. The van der Waals surface area contributed by atoms with Gasteiger partial charge in [0.1, 0.15) is 5.75 Å². The van der Waals surface area contributed by atoms with Gasteiger partial charge in [0.05, 0.1) is 12.2 Å². The highest BCUT2D eigenvalue weighted by molar-refractivity contribution is 6.04. The first-order valence-electron chi connectivity index (χ1n) is 8.23. The van der Waals surface area contributed by atoms with Gasteiger partial charge in [0.2, 0.25) is 0 Å². The lowest BCUT2D eigenvalue weighted by Gasteiger charge is -2.20. The Kier molecular flexibility index (Phi) is 5.77. The Balaban J connectivity index is 2.33. The Morgan fingerprint density at radius 2 is 1.96 bits per heavy atom. The van der Waals surface area contributed by atoms with E-state index in [1.807, 2.05) is 32.8 Å². The molecule has 0 aromatic heterocycles. The first-order chi connectivity index (χ1) is 11.0. The number of rotatable bonds is 5. The number of hydrogen-bond acceptors (Lipinski definition) is 4. The van der Waals surface area contributed by atoms with Crippen molar-refractivity contribution in [3.8, 4) is 5.75 Å². The molecule has 0 bridgehead atoms. The van der Waals surface area contributed by atoms with E-state index in [4.69, 9.17) is 4.74 Å². The first-order valence-corrected chi connectivity index (χ1v) is 8.23. The van der Waals surface area contributed by atoms with Crippen LogP contribution in [-0.4, -0.2) is 61.8 Å². The van der Waals surface area contributed by atoms with E-state index in [0.29, 0.717) is 49.5 Å². The molecule has 1 heterocycles. The molecule has 0 radical (unpaired) electrons. The molecule has 2 rings (SSSR count). The lowest BCUT2D eigenvalue weighted by Crippen LogP contribution is -2.31. The molecule has 126 valence electrons. The lowest BCUT2D eigenvalue weighted by molar-refractivity contribution is 0.0773. The molecule has 5 nitrogen and oxygen atoms in total. The highest BCUT2D eigenvalue weighted by Crippen LogP contribution is 2.28. The average molecular weight is 318 g/mol. The third-order valence-corrected chi connectivity index (χ3v) is 4.22. The summed E-state index contributed by atoms with van der Waals surface area (Å²) in [4.78, 5) is 29.1. The molecule has 0 spiro atoms. The fourth-order valence-electron chi connectivity index (χ4n) is 2.95. The minimum atomic E-state index is -0.0925. The van der Waals surface area contributed by atoms with Crippen molar-refractivity contribution in [2.45, 2.75) is 20.3 Å². The van der Waals surface area contributed by atoms with Crippen LogP contribution in [0.4, 0.5) is 0 Å². The number of ether oxygens (including phenoxy) is 1. The van der Waals surface area contributed by atoms with Gasteiger partial charge in [-0.25, -0.2) is 0 Å². The lowest BCUT2D eigenvalue weighted by atomic mass is 9.93. The monoisotopic (exact) mass is 318 g/mol. The van der Waals surface area contributed by atoms with Crippen LogP contribution in [0.15, 0.2) is 18.2 Å². The molecule has 1 aromatic carbocycles. The summed E-state index contributed by atoms with van der Waals surface area (Å²) in [5.74, 6) is 0.525. The molecule has 1 atom stereocenters. The molecular formula is C18H26N2O3. The number of hydrogen-bond donors (Lipinski definition) is 0. The van der Waals surface area contributed by atoms with Crippen molar-refractivity contribution in [1.82, 2.24) is 9.80 Å². The van der Waals surface area contributed by atoms with Crippen LogP contribution in [0.25, 0.3) is 0 Å². The molecule has 1 unspecified atom stereocenters. The molecule has 23 heavy (non-hydrogen) atoms. The van der Waals surface area contributed by atoms with E-state index in [2.05, 4.69) is 0 Å². The normalized spacial score (nSPS) is 17.4. The topological polar surface area (TPSA) is 49.9 Å². The zero-order valence-electron chi connectivity index (χ0n) is 14.5. The third-order valence-electron chi connectivity index (χ3n) is 4.22. The van der Waals surface area contributed by atoms with E-state index in [9.17, 15) is 9.59 Å². The summed E-state index contributed by atoms with van der Waals surface area (Å²) in [6.45, 7) is 6.43. The summed E-state index contributed by atoms with van der Waals surface area (Å²) >= 11 is 0. The van der Waals surface area contributed by atoms with Crippen LogP contribution < -0.4 is 4.74 Å². The minimum absolute atomic E-state index is 0.0426. The quantitative estimate of drug-likeness (QED) is 0.836. The minimum Gasteiger partial charge on any atom is -0.493 e. The Hall–Kier alpha value is -1.88. The maximum atomic E-state index is 12.8. The van der Waals surface area contributed by atoms with E-state index in [1.54, 1.807) is 23.1 Å². The number of carbonyl (C=O) groups is 2. The SMILES string of the molecule is CCN(CC)C(=O)c1ccc2c(c1)C(=O)C(CN(C)C)CCO2. The second-order valence-corrected chi connectivity index (χ2v) is 6.15. The van der Waals surface area contributed by atoms with Crippen molar-refractivity contribution in [1.29, 1.82) is 0 Å². The second kappa shape index (κ2) is 7.59. The van der Waals surface area contributed by atoms with Gasteiger partial charge >= 0.3 is 0 Å². The summed E-state index contributed by atoms with van der Waals surface area (Å²) in [6, 6.07) is 5.20. The van der Waals surface area contributed by atoms with Crippen molar-refractivity contribution < 1.29 is 14.3 Å². The zero-order valence-corrected chi connectivity index (χ0v) is 14.5. The number of fused-ring (bicyclic) bond motifs is 1. The molecule has 0 saturated carbocycles. The molecular weight excluding hydrogens is 292 g/mol. The van der Waals surface area contributed by atoms with Gasteiger partial charge in [-0.3, -0.25) is 9.59 Å². The standard InChI is InChI=1S/C18H26N2O3/c1-5-20(6-2)18(22)13-7-8-16-15(11-13)17(21)14(9-10-23-16)12-19(3)4/h7-8,11,14H,5-6,9-10,12H2,1-4H3. The molecule has 0 fully saturated rings. The van der Waals surface area contributed by atoms with E-state index in [0.717, 1.165) is 0 Å². The maximum absolute atomic E-state index is 12.8. The Labute approximate surface area is 138 Å². The molecule has 0 aliphatic carbocycles. The Morgan fingerprint density at radius 3 is 2.57 bits per heavy atom. The number of carbonyl (C=O) groups excluding carboxylic acids is 2. The number of ketones is 1. The predicted octanol–water partition coefficient (Wildman–Crippen LogP) is 2.31. The summed E-state index contributed by atoms with van der Waals surface area (Å²) in [7, 11) is 3.92. The van der Waals surface area contributed by atoms with Gasteiger partial charge in [0, 0.05) is 31.1 Å². The van der Waals surface area contributed by atoms with Gasteiger partial charge < -0.3 is 14.5 Å². The van der Waals surface area contributed by atoms with Crippen LogP contribution >= 0.6 is 0 Å². The van der Waals surface area contributed by atoms with Gasteiger partial charge in [-0.15, -0.1) is 0 Å². The van der Waals surface area contributed by atoms with Crippen LogP contribution in [0.2, 0.25) is 0 Å². The highest BCUT2D eigenvalue weighted by Gasteiger charge is 2.28. The van der Waals surface area contributed by atoms with E-state index < -0.39 is 0 Å². The van der Waals surface area contributed by atoms with E-state index in [-0.39, 0.29) is 17.6 Å². The number of benzene rings is 1. The van der Waals surface area contributed by atoms with E-state index >= 15 is 0 Å². The number of nitrogens with zero attached hydrogens (tertiary/aromatic N) is 2. The maximum Gasteiger partial charge on any atom is 0.253 e. The summed E-state index contributed by atoms with van der Waals surface area (Å²) in [5.41, 5.74) is 1.09. The van der Waals surface area contributed by atoms with Crippen molar-refractivity contribution in [2.75, 3.05) is 40.3 Å². The number of Topliss-reactive ketones (excluding diaryl/α,β-unsaturated/α-hetero) is 1. The van der Waals surface area contributed by atoms with Crippen LogP contribution in [0.1, 0.15) is 41.0 Å². The van der Waals surface area contributed by atoms with E-state index in [1.165, 1.54) is 0 Å². The van der Waals surface area contributed by atoms with Crippen LogP contribution in [0, 0.1) is 5.92 Å². The van der Waals surface area contributed by atoms with Gasteiger partial charge in [-0.05, 0) is 52.6 Å². The predicted molar refractivity (Wildman–Crippen MR) is 90.2 cm³/mol. The van der Waals surface area contributed by atoms with Gasteiger partial charge in [0.25, 0.3) is 5.91 Å². The van der Waals surface area contributed by atoms with Crippen LogP contribution in [-0.2, 0) is 0 Å². The highest BCUT2D eigenvalue weighted by atomic mass is 16.5. The zero-order chi connectivity index (χ0) is 17.0. The average Bonchev–Trinajstić information content (AvgIpc) is 2.68.